The van der Waals surface area contributed by atoms with Crippen molar-refractivity contribution in [3.05, 3.63) is 35.4 Å². The Morgan fingerprint density at radius 2 is 1.96 bits per heavy atom. The summed E-state index contributed by atoms with van der Waals surface area (Å²) in [5.74, 6) is 0. The van der Waals surface area contributed by atoms with E-state index >= 15 is 0 Å². The molecule has 0 aromatic heterocycles. The fraction of sp³-hybridized carbons (Fsp3) is 0.632. The van der Waals surface area contributed by atoms with E-state index in [-0.39, 0.29) is 5.60 Å². The quantitative estimate of drug-likeness (QED) is 0.915. The second-order valence-electron chi connectivity index (χ2n) is 7.20. The van der Waals surface area contributed by atoms with Crippen LogP contribution < -0.4 is 0 Å². The summed E-state index contributed by atoms with van der Waals surface area (Å²) in [6.07, 6.45) is 3.20. The van der Waals surface area contributed by atoms with Gasteiger partial charge < -0.3 is 14.6 Å². The molecule has 0 unspecified atom stereocenters. The van der Waals surface area contributed by atoms with Gasteiger partial charge in [0.2, 0.25) is 0 Å². The van der Waals surface area contributed by atoms with E-state index in [1.165, 1.54) is 5.56 Å². The molecule has 1 aromatic rings. The summed E-state index contributed by atoms with van der Waals surface area (Å²) in [7, 11) is 1.64. The molecule has 2 fully saturated rings. The zero-order chi connectivity index (χ0) is 17.0. The van der Waals surface area contributed by atoms with Crippen LogP contribution in [-0.2, 0) is 16.0 Å². The van der Waals surface area contributed by atoms with Crippen molar-refractivity contribution in [3.63, 3.8) is 0 Å². The second-order valence-corrected chi connectivity index (χ2v) is 7.20. The Labute approximate surface area is 143 Å². The number of rotatable bonds is 4. The van der Waals surface area contributed by atoms with Gasteiger partial charge in [-0.15, -0.1) is 0 Å². The summed E-state index contributed by atoms with van der Waals surface area (Å²) in [6, 6.07) is 9.94. The SMILES string of the molecule is COC[C@]1(O)CCOC2(CCN(Cc3ccc(C#N)cc3)CC2)C1. The Hall–Kier alpha value is -1.45. The number of likely N-dealkylation sites (tertiary alicyclic amines) is 1. The molecule has 0 radical (unpaired) electrons. The van der Waals surface area contributed by atoms with Crippen molar-refractivity contribution in [2.45, 2.75) is 43.4 Å². The molecular formula is C19H26N2O3. The lowest BCUT2D eigenvalue weighted by molar-refractivity contribution is -0.191. The predicted molar refractivity (Wildman–Crippen MR) is 90.4 cm³/mol. The fourth-order valence-corrected chi connectivity index (χ4v) is 3.97. The molecule has 3 rings (SSSR count). The lowest BCUT2D eigenvalue weighted by Gasteiger charge is -2.49. The second kappa shape index (κ2) is 7.20. The van der Waals surface area contributed by atoms with Gasteiger partial charge in [0, 0.05) is 39.6 Å². The topological polar surface area (TPSA) is 65.7 Å². The van der Waals surface area contributed by atoms with Crippen molar-refractivity contribution < 1.29 is 14.6 Å². The smallest absolute Gasteiger partial charge is 0.0991 e. The normalized spacial score (nSPS) is 27.0. The van der Waals surface area contributed by atoms with Gasteiger partial charge in [-0.2, -0.15) is 5.26 Å². The Morgan fingerprint density at radius 3 is 2.58 bits per heavy atom. The Balaban J connectivity index is 1.56. The number of ether oxygens (including phenoxy) is 2. The number of hydrogen-bond acceptors (Lipinski definition) is 5. The van der Waals surface area contributed by atoms with E-state index in [0.29, 0.717) is 31.6 Å². The average molecular weight is 330 g/mol. The summed E-state index contributed by atoms with van der Waals surface area (Å²) in [4.78, 5) is 2.42. The van der Waals surface area contributed by atoms with Crippen LogP contribution in [0, 0.1) is 11.3 Å². The van der Waals surface area contributed by atoms with Crippen molar-refractivity contribution in [2.75, 3.05) is 33.4 Å². The van der Waals surface area contributed by atoms with Crippen LogP contribution >= 0.6 is 0 Å². The summed E-state index contributed by atoms with van der Waals surface area (Å²) >= 11 is 0. The number of nitrogens with zero attached hydrogens (tertiary/aromatic N) is 2. The molecule has 1 N–H and O–H groups in total. The number of hydrogen-bond donors (Lipinski definition) is 1. The van der Waals surface area contributed by atoms with Crippen LogP contribution in [0.2, 0.25) is 0 Å². The van der Waals surface area contributed by atoms with Crippen LogP contribution in [0.15, 0.2) is 24.3 Å². The minimum Gasteiger partial charge on any atom is -0.387 e. The number of nitriles is 1. The first-order valence-corrected chi connectivity index (χ1v) is 8.63. The minimum absolute atomic E-state index is 0.202. The van der Waals surface area contributed by atoms with Crippen molar-refractivity contribution in [1.29, 1.82) is 5.26 Å². The van der Waals surface area contributed by atoms with Crippen LogP contribution in [0.3, 0.4) is 0 Å². The molecule has 0 saturated carbocycles. The molecule has 5 nitrogen and oxygen atoms in total. The van der Waals surface area contributed by atoms with Gasteiger partial charge in [0.25, 0.3) is 0 Å². The average Bonchev–Trinajstić information content (AvgIpc) is 2.58. The maximum absolute atomic E-state index is 10.7. The van der Waals surface area contributed by atoms with E-state index < -0.39 is 5.60 Å². The molecule has 0 aliphatic carbocycles. The maximum atomic E-state index is 10.7. The monoisotopic (exact) mass is 330 g/mol. The molecule has 2 heterocycles. The van der Waals surface area contributed by atoms with E-state index in [1.54, 1.807) is 7.11 Å². The zero-order valence-electron chi connectivity index (χ0n) is 14.3. The molecule has 1 spiro atoms. The first-order chi connectivity index (χ1) is 11.6. The summed E-state index contributed by atoms with van der Waals surface area (Å²) in [5.41, 5.74) is 0.976. The third-order valence-corrected chi connectivity index (χ3v) is 5.30. The highest BCUT2D eigenvalue weighted by atomic mass is 16.5. The highest BCUT2D eigenvalue weighted by Crippen LogP contribution is 2.39. The molecule has 0 bridgehead atoms. The molecular weight excluding hydrogens is 304 g/mol. The van der Waals surface area contributed by atoms with Crippen LogP contribution in [0.4, 0.5) is 0 Å². The summed E-state index contributed by atoms with van der Waals surface area (Å²) in [6.45, 7) is 3.80. The Morgan fingerprint density at radius 1 is 1.25 bits per heavy atom. The fourth-order valence-electron chi connectivity index (χ4n) is 3.97. The third kappa shape index (κ3) is 3.96. The van der Waals surface area contributed by atoms with Gasteiger partial charge in [0.05, 0.1) is 36.0 Å². The number of aliphatic hydroxyl groups is 1. The van der Waals surface area contributed by atoms with Crippen molar-refractivity contribution >= 4 is 0 Å². The van der Waals surface area contributed by atoms with Crippen molar-refractivity contribution in [3.8, 4) is 6.07 Å². The van der Waals surface area contributed by atoms with Gasteiger partial charge in [-0.05, 0) is 30.5 Å². The molecule has 0 amide bonds. The van der Waals surface area contributed by atoms with E-state index in [1.807, 2.05) is 24.3 Å². The van der Waals surface area contributed by atoms with Gasteiger partial charge in [-0.25, -0.2) is 0 Å². The van der Waals surface area contributed by atoms with Crippen molar-refractivity contribution in [1.82, 2.24) is 4.90 Å². The van der Waals surface area contributed by atoms with Gasteiger partial charge in [0.1, 0.15) is 0 Å². The molecule has 24 heavy (non-hydrogen) atoms. The maximum Gasteiger partial charge on any atom is 0.0991 e. The Bertz CT molecular complexity index is 584. The summed E-state index contributed by atoms with van der Waals surface area (Å²) in [5, 5.41) is 19.6. The van der Waals surface area contributed by atoms with E-state index in [4.69, 9.17) is 14.7 Å². The Kier molecular flexibility index (Phi) is 5.21. The van der Waals surface area contributed by atoms with Gasteiger partial charge in [0.15, 0.2) is 0 Å². The highest BCUT2D eigenvalue weighted by molar-refractivity contribution is 5.31. The predicted octanol–water partition coefficient (Wildman–Crippen LogP) is 2.08. The number of benzene rings is 1. The number of piperidine rings is 1. The molecule has 130 valence electrons. The van der Waals surface area contributed by atoms with Gasteiger partial charge in [-0.3, -0.25) is 4.90 Å². The van der Waals surface area contributed by atoms with E-state index in [0.717, 1.165) is 32.5 Å². The molecule has 2 aliphatic heterocycles. The molecule has 1 aromatic carbocycles. The van der Waals surface area contributed by atoms with Crippen LogP contribution in [0.5, 0.6) is 0 Å². The molecule has 2 aliphatic rings. The standard InChI is InChI=1S/C19H26N2O3/c1-23-15-18(22)8-11-24-19(14-18)6-9-21(10-7-19)13-17-4-2-16(12-20)3-5-17/h2-5,22H,6-11,13-15H2,1H3/t18-/m0/s1. The zero-order valence-corrected chi connectivity index (χ0v) is 14.3. The molecule has 5 heteroatoms. The molecule has 1 atom stereocenters. The lowest BCUT2D eigenvalue weighted by Crippen LogP contribution is -2.55. The third-order valence-electron chi connectivity index (χ3n) is 5.30. The largest absolute Gasteiger partial charge is 0.387 e. The van der Waals surface area contributed by atoms with E-state index in [2.05, 4.69) is 11.0 Å². The van der Waals surface area contributed by atoms with Crippen LogP contribution in [0.1, 0.15) is 36.8 Å². The van der Waals surface area contributed by atoms with Crippen LogP contribution in [-0.4, -0.2) is 54.6 Å². The number of methoxy groups -OCH3 is 1. The van der Waals surface area contributed by atoms with Gasteiger partial charge in [-0.1, -0.05) is 12.1 Å². The minimum atomic E-state index is -0.748. The van der Waals surface area contributed by atoms with Crippen LogP contribution in [0.25, 0.3) is 0 Å². The first-order valence-electron chi connectivity index (χ1n) is 8.63. The van der Waals surface area contributed by atoms with Gasteiger partial charge >= 0.3 is 0 Å². The molecule has 2 saturated heterocycles. The lowest BCUT2D eigenvalue weighted by atomic mass is 9.77. The van der Waals surface area contributed by atoms with Crippen molar-refractivity contribution in [2.24, 2.45) is 0 Å². The summed E-state index contributed by atoms with van der Waals surface area (Å²) < 4.78 is 11.3. The first kappa shape index (κ1) is 17.4. The van der Waals surface area contributed by atoms with E-state index in [9.17, 15) is 5.11 Å². The highest BCUT2D eigenvalue weighted by Gasteiger charge is 2.46.